The van der Waals surface area contributed by atoms with Crippen molar-refractivity contribution in [3.63, 3.8) is 0 Å². The molecule has 0 aromatic heterocycles. The molecular weight excluding hydrogens is 320 g/mol. The molecule has 3 heteroatoms. The van der Waals surface area contributed by atoms with Gasteiger partial charge in [-0.1, -0.05) is 40.8 Å². The Kier molecular flexibility index (Phi) is 3.83. The highest BCUT2D eigenvalue weighted by Gasteiger charge is 2.37. The van der Waals surface area contributed by atoms with Crippen molar-refractivity contribution in [3.05, 3.63) is 78.4 Å². The lowest BCUT2D eigenvalue weighted by Gasteiger charge is -2.23. The maximum absolute atomic E-state index is 12.8. The SMILES string of the molecule is CSc1ccc([SH+]2=C3C=CC=CC3C(=O)c3ccccc32)cc1. The van der Waals surface area contributed by atoms with E-state index in [1.165, 1.54) is 19.6 Å². The van der Waals surface area contributed by atoms with Crippen LogP contribution < -0.4 is 0 Å². The minimum atomic E-state index is -0.636. The largest absolute Gasteiger partial charge is 0.293 e. The predicted octanol–water partition coefficient (Wildman–Crippen LogP) is 4.29. The van der Waals surface area contributed by atoms with Gasteiger partial charge in [0.15, 0.2) is 5.78 Å². The Morgan fingerprint density at radius 3 is 2.57 bits per heavy atom. The van der Waals surface area contributed by atoms with Crippen molar-refractivity contribution in [3.8, 4) is 0 Å². The smallest absolute Gasteiger partial charge is 0.183 e. The number of thioether (sulfide) groups is 1. The number of Topliss-reactive ketones (excluding diaryl/α,β-unsaturated/α-hetero) is 1. The fraction of sp³-hybridized carbons (Fsp3) is 0.100. The van der Waals surface area contributed by atoms with Crippen molar-refractivity contribution in [2.45, 2.75) is 14.7 Å². The van der Waals surface area contributed by atoms with Crippen LogP contribution in [0.4, 0.5) is 0 Å². The summed E-state index contributed by atoms with van der Waals surface area (Å²) in [6.07, 6.45) is 10.3. The second-order valence-electron chi connectivity index (χ2n) is 5.56. The summed E-state index contributed by atoms with van der Waals surface area (Å²) in [6.45, 7) is 0. The van der Waals surface area contributed by atoms with Crippen molar-refractivity contribution in [2.24, 2.45) is 5.92 Å². The van der Waals surface area contributed by atoms with Gasteiger partial charge >= 0.3 is 0 Å². The van der Waals surface area contributed by atoms with E-state index < -0.39 is 10.5 Å². The summed E-state index contributed by atoms with van der Waals surface area (Å²) < 4.78 is 0. The average molecular weight is 337 g/mol. The molecule has 0 N–H and O–H groups in total. The number of hydrogen-bond donors (Lipinski definition) is 0. The van der Waals surface area contributed by atoms with Crippen LogP contribution in [0.5, 0.6) is 0 Å². The number of hydrogen-bond acceptors (Lipinski definition) is 2. The van der Waals surface area contributed by atoms with Gasteiger partial charge in [-0.25, -0.2) is 0 Å². The van der Waals surface area contributed by atoms with Gasteiger partial charge in [0.1, 0.15) is 20.6 Å². The van der Waals surface area contributed by atoms with Crippen molar-refractivity contribution in [1.29, 1.82) is 0 Å². The van der Waals surface area contributed by atoms with Gasteiger partial charge in [0, 0.05) is 4.90 Å². The molecule has 1 heterocycles. The Hall–Kier alpha value is -1.84. The molecular formula is C20H17OS2+. The fourth-order valence-corrected chi connectivity index (χ4v) is 6.26. The van der Waals surface area contributed by atoms with Gasteiger partial charge in [-0.15, -0.1) is 11.8 Å². The molecule has 23 heavy (non-hydrogen) atoms. The molecule has 1 aliphatic heterocycles. The van der Waals surface area contributed by atoms with Gasteiger partial charge < -0.3 is 0 Å². The number of allylic oxidation sites excluding steroid dienone is 4. The monoisotopic (exact) mass is 337 g/mol. The lowest BCUT2D eigenvalue weighted by Crippen LogP contribution is -2.31. The Bertz CT molecular complexity index is 873. The van der Waals surface area contributed by atoms with Gasteiger partial charge in [0.25, 0.3) is 0 Å². The van der Waals surface area contributed by atoms with Crippen LogP contribution in [0, 0.1) is 5.92 Å². The zero-order valence-electron chi connectivity index (χ0n) is 12.8. The number of ketones is 1. The standard InChI is InChI=1S/C20H16OS2/c1-22-14-10-12-15(13-11-14)23-18-8-4-2-6-16(18)20(21)17-7-3-5-9-19(17)23/h2-13,16H,1H3/p+1. The Balaban J connectivity index is 1.98. The molecule has 0 fully saturated rings. The van der Waals surface area contributed by atoms with E-state index in [0.29, 0.717) is 0 Å². The van der Waals surface area contributed by atoms with Crippen LogP contribution in [0.2, 0.25) is 0 Å². The van der Waals surface area contributed by atoms with Crippen molar-refractivity contribution >= 4 is 32.9 Å². The molecule has 2 atom stereocenters. The van der Waals surface area contributed by atoms with Crippen molar-refractivity contribution in [1.82, 2.24) is 0 Å². The number of thiol groups is 1. The second kappa shape index (κ2) is 5.99. The zero-order chi connectivity index (χ0) is 15.8. The van der Waals surface area contributed by atoms with Gasteiger partial charge in [0.2, 0.25) is 0 Å². The first-order chi connectivity index (χ1) is 11.3. The Morgan fingerprint density at radius 2 is 1.78 bits per heavy atom. The lowest BCUT2D eigenvalue weighted by atomic mass is 9.91. The number of carbonyl (C=O) groups excluding carboxylic acids is 1. The molecule has 4 rings (SSSR count). The quantitative estimate of drug-likeness (QED) is 0.352. The van der Waals surface area contributed by atoms with Crippen LogP contribution in [0.1, 0.15) is 10.4 Å². The van der Waals surface area contributed by atoms with Crippen LogP contribution in [-0.2, 0) is 10.5 Å². The van der Waals surface area contributed by atoms with Crippen LogP contribution in [0.25, 0.3) is 0 Å². The van der Waals surface area contributed by atoms with Crippen LogP contribution in [0.3, 0.4) is 0 Å². The normalized spacial score (nSPS) is 22.0. The predicted molar refractivity (Wildman–Crippen MR) is 101 cm³/mol. The number of fused-ring (bicyclic) bond motifs is 2. The highest BCUT2D eigenvalue weighted by Crippen LogP contribution is 2.33. The first-order valence-electron chi connectivity index (χ1n) is 7.59. The number of carbonyl (C=O) groups is 1. The average Bonchev–Trinajstić information content (AvgIpc) is 2.63. The topological polar surface area (TPSA) is 17.1 Å². The molecule has 114 valence electrons. The summed E-state index contributed by atoms with van der Waals surface area (Å²) in [5, 5.41) is 0. The molecule has 2 aromatic rings. The molecule has 2 unspecified atom stereocenters. The summed E-state index contributed by atoms with van der Waals surface area (Å²) in [4.78, 5) is 17.9. The van der Waals surface area contributed by atoms with E-state index in [9.17, 15) is 4.79 Å². The van der Waals surface area contributed by atoms with Gasteiger partial charge in [-0.2, -0.15) is 0 Å². The minimum absolute atomic E-state index is 0.0961. The van der Waals surface area contributed by atoms with E-state index in [-0.39, 0.29) is 11.7 Å². The van der Waals surface area contributed by atoms with E-state index in [2.05, 4.69) is 48.7 Å². The van der Waals surface area contributed by atoms with Crippen molar-refractivity contribution in [2.75, 3.05) is 6.26 Å². The van der Waals surface area contributed by atoms with Crippen LogP contribution in [-0.4, -0.2) is 16.9 Å². The van der Waals surface area contributed by atoms with Gasteiger partial charge in [-0.3, -0.25) is 4.79 Å². The summed E-state index contributed by atoms with van der Waals surface area (Å²) in [5.41, 5.74) is 0.890. The van der Waals surface area contributed by atoms with Gasteiger partial charge in [0.05, 0.1) is 5.56 Å². The molecule has 0 saturated heterocycles. The van der Waals surface area contributed by atoms with Gasteiger partial charge in [-0.05, 0) is 48.7 Å². The second-order valence-corrected chi connectivity index (χ2v) is 8.63. The van der Waals surface area contributed by atoms with E-state index in [1.807, 2.05) is 30.4 Å². The minimum Gasteiger partial charge on any atom is -0.293 e. The van der Waals surface area contributed by atoms with E-state index in [4.69, 9.17) is 0 Å². The maximum atomic E-state index is 12.8. The lowest BCUT2D eigenvalue weighted by molar-refractivity contribution is 0.0969. The Morgan fingerprint density at radius 1 is 1.00 bits per heavy atom. The third-order valence-corrected chi connectivity index (χ3v) is 7.66. The Labute approximate surface area is 143 Å². The third-order valence-electron chi connectivity index (χ3n) is 4.28. The zero-order valence-corrected chi connectivity index (χ0v) is 14.5. The summed E-state index contributed by atoms with van der Waals surface area (Å²) in [6, 6.07) is 16.9. The molecule has 0 spiro atoms. The highest BCUT2D eigenvalue weighted by atomic mass is 32.2. The molecule has 1 nitrogen and oxygen atoms in total. The molecule has 2 aliphatic rings. The molecule has 0 amide bonds. The van der Waals surface area contributed by atoms with Crippen LogP contribution >= 0.6 is 11.8 Å². The molecule has 2 aromatic carbocycles. The third kappa shape index (κ3) is 2.44. The fourth-order valence-electron chi connectivity index (χ4n) is 3.17. The maximum Gasteiger partial charge on any atom is 0.183 e. The molecule has 1 aliphatic carbocycles. The van der Waals surface area contributed by atoms with Crippen molar-refractivity contribution < 1.29 is 4.79 Å². The molecule has 0 radical (unpaired) electrons. The number of benzene rings is 2. The summed E-state index contributed by atoms with van der Waals surface area (Å²) in [5.74, 6) is 0.136. The van der Waals surface area contributed by atoms with E-state index in [1.54, 1.807) is 11.8 Å². The number of rotatable bonds is 2. The van der Waals surface area contributed by atoms with E-state index >= 15 is 0 Å². The summed E-state index contributed by atoms with van der Waals surface area (Å²) >= 11 is 1.75. The first kappa shape index (κ1) is 14.7. The summed E-state index contributed by atoms with van der Waals surface area (Å²) in [7, 11) is -0.636. The first-order valence-corrected chi connectivity index (χ1v) is 10.2. The van der Waals surface area contributed by atoms with E-state index in [0.717, 1.165) is 5.56 Å². The molecule has 0 bridgehead atoms. The van der Waals surface area contributed by atoms with Crippen LogP contribution in [0.15, 0.2) is 87.5 Å². The molecule has 0 saturated carbocycles. The highest BCUT2D eigenvalue weighted by molar-refractivity contribution is 7.98.